The Bertz CT molecular complexity index is 1100. The Morgan fingerprint density at radius 2 is 1.93 bits per heavy atom. The van der Waals surface area contributed by atoms with E-state index in [1.54, 1.807) is 12.4 Å². The van der Waals surface area contributed by atoms with Gasteiger partial charge in [-0.25, -0.2) is 4.98 Å². The van der Waals surface area contributed by atoms with Crippen molar-refractivity contribution in [1.82, 2.24) is 15.2 Å². The topological polar surface area (TPSA) is 101 Å². The van der Waals surface area contributed by atoms with E-state index in [4.69, 9.17) is 9.15 Å². The van der Waals surface area contributed by atoms with E-state index >= 15 is 0 Å². The first-order valence-electron chi connectivity index (χ1n) is 9.55. The molecule has 0 aliphatic heterocycles. The molecule has 7 nitrogen and oxygen atoms in total. The van der Waals surface area contributed by atoms with Crippen molar-refractivity contribution in [2.24, 2.45) is 0 Å². The number of carboxylic acid groups (broad SMARTS) is 1. The lowest BCUT2D eigenvalue weighted by Crippen LogP contribution is -2.13. The molecule has 4 rings (SSSR count). The fourth-order valence-electron chi connectivity index (χ4n) is 3.17. The highest BCUT2D eigenvalue weighted by Gasteiger charge is 2.21. The summed E-state index contributed by atoms with van der Waals surface area (Å²) < 4.78 is 11.6. The van der Waals surface area contributed by atoms with Crippen LogP contribution < -0.4 is 4.74 Å². The Labute approximate surface area is 173 Å². The third-order valence-electron chi connectivity index (χ3n) is 4.87. The third kappa shape index (κ3) is 4.41. The van der Waals surface area contributed by atoms with E-state index in [0.717, 1.165) is 22.6 Å². The number of aryl methyl sites for hydroxylation is 1. The highest BCUT2D eigenvalue weighted by atomic mass is 16.5. The zero-order valence-electron chi connectivity index (χ0n) is 16.4. The summed E-state index contributed by atoms with van der Waals surface area (Å²) in [6, 6.07) is 17.1. The van der Waals surface area contributed by atoms with Gasteiger partial charge in [-0.2, -0.15) is 5.10 Å². The van der Waals surface area contributed by atoms with Crippen LogP contribution in [0.25, 0.3) is 11.5 Å². The molecule has 4 aromatic rings. The van der Waals surface area contributed by atoms with Crippen molar-refractivity contribution in [2.75, 3.05) is 0 Å². The minimum Gasteiger partial charge on any atom is -0.487 e. The number of carbonyl (C=O) groups is 1. The Morgan fingerprint density at radius 1 is 1.17 bits per heavy atom. The van der Waals surface area contributed by atoms with Crippen LogP contribution in [0.1, 0.15) is 28.5 Å². The first-order chi connectivity index (χ1) is 14.6. The van der Waals surface area contributed by atoms with Crippen molar-refractivity contribution in [3.05, 3.63) is 89.6 Å². The van der Waals surface area contributed by atoms with Crippen LogP contribution in [0.2, 0.25) is 0 Å². The van der Waals surface area contributed by atoms with E-state index in [9.17, 15) is 9.90 Å². The van der Waals surface area contributed by atoms with Gasteiger partial charge in [0.1, 0.15) is 23.8 Å². The second kappa shape index (κ2) is 8.65. The van der Waals surface area contributed by atoms with Gasteiger partial charge in [-0.05, 0) is 43.2 Å². The molecule has 2 N–H and O–H groups in total. The molecule has 0 radical (unpaired) electrons. The summed E-state index contributed by atoms with van der Waals surface area (Å²) in [6.07, 6.45) is 3.53. The maximum absolute atomic E-state index is 11.6. The van der Waals surface area contributed by atoms with Crippen LogP contribution in [-0.4, -0.2) is 26.3 Å². The second-order valence-electron chi connectivity index (χ2n) is 6.95. The molecule has 2 aromatic carbocycles. The van der Waals surface area contributed by atoms with E-state index in [-0.39, 0.29) is 6.61 Å². The molecule has 0 saturated heterocycles. The molecule has 2 heterocycles. The van der Waals surface area contributed by atoms with E-state index < -0.39 is 11.9 Å². The fourth-order valence-corrected chi connectivity index (χ4v) is 3.17. The van der Waals surface area contributed by atoms with Crippen molar-refractivity contribution in [3.8, 4) is 17.2 Å². The smallest absolute Gasteiger partial charge is 0.311 e. The van der Waals surface area contributed by atoms with Gasteiger partial charge in [0, 0.05) is 17.3 Å². The van der Waals surface area contributed by atoms with Crippen molar-refractivity contribution < 1.29 is 19.1 Å². The average Bonchev–Trinajstić information content (AvgIpc) is 3.42. The number of hydrogen-bond donors (Lipinski definition) is 2. The van der Waals surface area contributed by atoms with Gasteiger partial charge in [0.25, 0.3) is 0 Å². The molecule has 0 saturated carbocycles. The molecule has 30 heavy (non-hydrogen) atoms. The van der Waals surface area contributed by atoms with Gasteiger partial charge in [0.15, 0.2) is 0 Å². The summed E-state index contributed by atoms with van der Waals surface area (Å²) in [4.78, 5) is 16.1. The standard InChI is InChI=1S/C23H21N3O4/c1-15-21(26-22(30-15)17-5-3-2-4-6-17)14-29-19-9-7-16(8-10-19)11-20(23(27)28)18-12-24-25-13-18/h2-10,12-13,20H,11,14H2,1H3,(H,24,25)(H,27,28). The average molecular weight is 403 g/mol. The van der Waals surface area contributed by atoms with Gasteiger partial charge in [0.05, 0.1) is 12.1 Å². The summed E-state index contributed by atoms with van der Waals surface area (Å²) in [6.45, 7) is 2.15. The molecule has 0 aliphatic carbocycles. The molecule has 2 aromatic heterocycles. The SMILES string of the molecule is Cc1oc(-c2ccccc2)nc1COc1ccc(CC(C(=O)O)c2cn[nH]c2)cc1. The van der Waals surface area contributed by atoms with Gasteiger partial charge in [-0.15, -0.1) is 0 Å². The summed E-state index contributed by atoms with van der Waals surface area (Å²) in [5.74, 6) is 0.436. The van der Waals surface area contributed by atoms with Crippen LogP contribution in [0.3, 0.4) is 0 Å². The zero-order valence-corrected chi connectivity index (χ0v) is 16.4. The summed E-state index contributed by atoms with van der Waals surface area (Å²) in [5, 5.41) is 16.0. The number of rotatable bonds is 8. The van der Waals surface area contributed by atoms with Gasteiger partial charge >= 0.3 is 5.97 Å². The second-order valence-corrected chi connectivity index (χ2v) is 6.95. The molecule has 152 valence electrons. The van der Waals surface area contributed by atoms with Crippen molar-refractivity contribution in [1.29, 1.82) is 0 Å². The maximum atomic E-state index is 11.6. The minimum atomic E-state index is -0.882. The van der Waals surface area contributed by atoms with Crippen molar-refractivity contribution in [2.45, 2.75) is 25.9 Å². The predicted octanol–water partition coefficient (Wildman–Crippen LogP) is 4.36. The Balaban J connectivity index is 1.40. The number of aromatic nitrogens is 3. The lowest BCUT2D eigenvalue weighted by Gasteiger charge is -2.11. The van der Waals surface area contributed by atoms with Crippen molar-refractivity contribution >= 4 is 5.97 Å². The van der Waals surface area contributed by atoms with Crippen LogP contribution in [0.15, 0.2) is 71.4 Å². The zero-order chi connectivity index (χ0) is 20.9. The van der Waals surface area contributed by atoms with Crippen LogP contribution >= 0.6 is 0 Å². The molecular formula is C23H21N3O4. The van der Waals surface area contributed by atoms with Gasteiger partial charge in [0.2, 0.25) is 5.89 Å². The number of ether oxygens (including phenoxy) is 1. The molecule has 1 unspecified atom stereocenters. The lowest BCUT2D eigenvalue weighted by atomic mass is 9.94. The molecule has 1 atom stereocenters. The molecule has 0 amide bonds. The van der Waals surface area contributed by atoms with Crippen LogP contribution in [0.5, 0.6) is 5.75 Å². The summed E-state index contributed by atoms with van der Waals surface area (Å²) >= 11 is 0. The molecular weight excluding hydrogens is 382 g/mol. The van der Waals surface area contributed by atoms with E-state index in [1.165, 1.54) is 0 Å². The normalized spacial score (nSPS) is 11.9. The largest absolute Gasteiger partial charge is 0.487 e. The first-order valence-corrected chi connectivity index (χ1v) is 9.55. The van der Waals surface area contributed by atoms with Gasteiger partial charge in [-0.1, -0.05) is 30.3 Å². The van der Waals surface area contributed by atoms with E-state index in [0.29, 0.717) is 23.6 Å². The Kier molecular flexibility index (Phi) is 5.61. The number of H-pyrrole nitrogens is 1. The van der Waals surface area contributed by atoms with Crippen molar-refractivity contribution in [3.63, 3.8) is 0 Å². The third-order valence-corrected chi connectivity index (χ3v) is 4.87. The van der Waals surface area contributed by atoms with E-state index in [1.807, 2.05) is 61.5 Å². The number of oxazole rings is 1. The highest BCUT2D eigenvalue weighted by Crippen LogP contribution is 2.24. The number of nitrogens with zero attached hydrogens (tertiary/aromatic N) is 2. The van der Waals surface area contributed by atoms with Gasteiger partial charge in [-0.3, -0.25) is 9.89 Å². The monoisotopic (exact) mass is 403 g/mol. The highest BCUT2D eigenvalue weighted by molar-refractivity contribution is 5.76. The number of carboxylic acids is 1. The number of hydrogen-bond acceptors (Lipinski definition) is 5. The number of benzene rings is 2. The maximum Gasteiger partial charge on any atom is 0.311 e. The predicted molar refractivity (Wildman–Crippen MR) is 110 cm³/mol. The Morgan fingerprint density at radius 3 is 2.60 bits per heavy atom. The summed E-state index contributed by atoms with van der Waals surface area (Å²) in [5.41, 5.74) is 3.21. The molecule has 0 aliphatic rings. The number of aliphatic carboxylic acids is 1. The lowest BCUT2D eigenvalue weighted by molar-refractivity contribution is -0.138. The van der Waals surface area contributed by atoms with E-state index in [2.05, 4.69) is 15.2 Å². The molecule has 0 spiro atoms. The van der Waals surface area contributed by atoms with Crippen LogP contribution in [0.4, 0.5) is 0 Å². The summed E-state index contributed by atoms with van der Waals surface area (Å²) in [7, 11) is 0. The number of aromatic amines is 1. The van der Waals surface area contributed by atoms with Crippen LogP contribution in [0, 0.1) is 6.92 Å². The number of nitrogens with one attached hydrogen (secondary N) is 1. The Hall–Kier alpha value is -3.87. The molecule has 7 heteroatoms. The minimum absolute atomic E-state index is 0.286. The van der Waals surface area contributed by atoms with Gasteiger partial charge < -0.3 is 14.3 Å². The van der Waals surface area contributed by atoms with Crippen LogP contribution in [-0.2, 0) is 17.8 Å². The first kappa shape index (κ1) is 19.4. The fraction of sp³-hybridized carbons (Fsp3) is 0.174. The molecule has 0 fully saturated rings. The molecule has 0 bridgehead atoms. The quantitative estimate of drug-likeness (QED) is 0.453.